The highest BCUT2D eigenvalue weighted by atomic mass is 16.5. The van der Waals surface area contributed by atoms with E-state index in [0.29, 0.717) is 28.3 Å². The van der Waals surface area contributed by atoms with Gasteiger partial charge in [0.15, 0.2) is 5.60 Å². The first kappa shape index (κ1) is 18.7. The Bertz CT molecular complexity index is 1030. The summed E-state index contributed by atoms with van der Waals surface area (Å²) in [6.07, 6.45) is -0.0740. The number of nitrogens with one attached hydrogen (secondary N) is 2. The Balaban J connectivity index is 1.44. The molecule has 8 nitrogen and oxygen atoms in total. The molecule has 0 saturated heterocycles. The molecule has 0 bridgehead atoms. The summed E-state index contributed by atoms with van der Waals surface area (Å²) in [5, 5.41) is 5.46. The molecule has 0 atom stereocenters. The third-order valence-corrected chi connectivity index (χ3v) is 4.89. The lowest BCUT2D eigenvalue weighted by atomic mass is 10.1. The molecule has 8 heteroatoms. The van der Waals surface area contributed by atoms with Crippen molar-refractivity contribution < 1.29 is 23.9 Å². The zero-order chi connectivity index (χ0) is 20.8. The van der Waals surface area contributed by atoms with E-state index in [1.165, 1.54) is 0 Å². The van der Waals surface area contributed by atoms with Gasteiger partial charge in [0.25, 0.3) is 17.7 Å². The maximum Gasteiger partial charge on any atom is 0.268 e. The molecule has 4 rings (SSSR count). The molecule has 2 aromatic carbocycles. The van der Waals surface area contributed by atoms with Gasteiger partial charge in [0.05, 0.1) is 16.8 Å². The number of hydrogen-bond donors (Lipinski definition) is 2. The van der Waals surface area contributed by atoms with Crippen LogP contribution >= 0.6 is 0 Å². The van der Waals surface area contributed by atoms with Gasteiger partial charge in [0, 0.05) is 13.0 Å². The van der Waals surface area contributed by atoms with Crippen molar-refractivity contribution in [1.82, 2.24) is 4.90 Å². The molecular formula is C21H19N3O5. The molecule has 148 valence electrons. The summed E-state index contributed by atoms with van der Waals surface area (Å²) in [6, 6.07) is 11.6. The van der Waals surface area contributed by atoms with Crippen molar-refractivity contribution in [2.45, 2.75) is 25.9 Å². The van der Waals surface area contributed by atoms with E-state index in [1.807, 2.05) is 0 Å². The van der Waals surface area contributed by atoms with Crippen LogP contribution in [0.5, 0.6) is 5.75 Å². The third kappa shape index (κ3) is 3.22. The molecular weight excluding hydrogens is 374 g/mol. The maximum absolute atomic E-state index is 12.4. The van der Waals surface area contributed by atoms with E-state index in [9.17, 15) is 19.2 Å². The van der Waals surface area contributed by atoms with Crippen molar-refractivity contribution in [3.05, 3.63) is 53.6 Å². The van der Waals surface area contributed by atoms with Gasteiger partial charge in [-0.1, -0.05) is 18.2 Å². The standard InChI is InChI=1S/C21H19N3O5/c1-21(2)20(28)23-17-14(8-5-9-15(17)29-21)22-16(25)10-11-24-18(26)12-6-3-4-7-13(12)19(24)27/h3-9H,10-11H2,1-2H3,(H,22,25)(H,23,28). The molecule has 2 aliphatic heterocycles. The fraction of sp³-hybridized carbons (Fsp3) is 0.238. The summed E-state index contributed by atoms with van der Waals surface area (Å²) in [7, 11) is 0. The first-order valence-electron chi connectivity index (χ1n) is 9.16. The number of imide groups is 1. The Morgan fingerprint density at radius 2 is 1.69 bits per heavy atom. The number of carbonyl (C=O) groups is 4. The second-order valence-corrected chi connectivity index (χ2v) is 7.35. The zero-order valence-corrected chi connectivity index (χ0v) is 15.9. The van der Waals surface area contributed by atoms with Gasteiger partial charge in [-0.25, -0.2) is 0 Å². The van der Waals surface area contributed by atoms with Crippen LogP contribution in [0.1, 0.15) is 41.0 Å². The zero-order valence-electron chi connectivity index (χ0n) is 15.9. The number of para-hydroxylation sites is 1. The molecule has 0 unspecified atom stereocenters. The molecule has 2 heterocycles. The Hall–Kier alpha value is -3.68. The highest BCUT2D eigenvalue weighted by Crippen LogP contribution is 2.39. The second kappa shape index (κ2) is 6.73. The average molecular weight is 393 g/mol. The van der Waals surface area contributed by atoms with Crippen LogP contribution in [0.25, 0.3) is 0 Å². The molecule has 2 aromatic rings. The van der Waals surface area contributed by atoms with Gasteiger partial charge in [0.1, 0.15) is 11.4 Å². The Morgan fingerprint density at radius 3 is 2.34 bits per heavy atom. The first-order chi connectivity index (χ1) is 13.8. The highest BCUT2D eigenvalue weighted by molar-refractivity contribution is 6.21. The number of anilines is 2. The van der Waals surface area contributed by atoms with Gasteiger partial charge in [-0.2, -0.15) is 0 Å². The molecule has 0 spiro atoms. The monoisotopic (exact) mass is 393 g/mol. The fourth-order valence-corrected chi connectivity index (χ4v) is 3.30. The molecule has 0 radical (unpaired) electrons. The van der Waals surface area contributed by atoms with Gasteiger partial charge in [-0.3, -0.25) is 24.1 Å². The van der Waals surface area contributed by atoms with Crippen molar-refractivity contribution in [2.24, 2.45) is 0 Å². The lowest BCUT2D eigenvalue weighted by molar-refractivity contribution is -0.129. The number of carbonyl (C=O) groups excluding carboxylic acids is 4. The van der Waals surface area contributed by atoms with E-state index in [1.54, 1.807) is 56.3 Å². The first-order valence-corrected chi connectivity index (χ1v) is 9.16. The van der Waals surface area contributed by atoms with Crippen LogP contribution in [0.3, 0.4) is 0 Å². The minimum Gasteiger partial charge on any atom is -0.476 e. The number of benzene rings is 2. The molecule has 0 aromatic heterocycles. The van der Waals surface area contributed by atoms with Crippen LogP contribution < -0.4 is 15.4 Å². The predicted molar refractivity (Wildman–Crippen MR) is 105 cm³/mol. The van der Waals surface area contributed by atoms with Crippen molar-refractivity contribution in [3.8, 4) is 5.75 Å². The van der Waals surface area contributed by atoms with Gasteiger partial charge in [0.2, 0.25) is 5.91 Å². The molecule has 0 saturated carbocycles. The van der Waals surface area contributed by atoms with Gasteiger partial charge >= 0.3 is 0 Å². The second-order valence-electron chi connectivity index (χ2n) is 7.35. The smallest absolute Gasteiger partial charge is 0.268 e. The van der Waals surface area contributed by atoms with E-state index >= 15 is 0 Å². The molecule has 2 N–H and O–H groups in total. The lowest BCUT2D eigenvalue weighted by Crippen LogP contribution is -2.45. The number of ether oxygens (including phenoxy) is 1. The minimum absolute atomic E-state index is 0.0386. The Kier molecular flexibility index (Phi) is 4.34. The van der Waals surface area contributed by atoms with Gasteiger partial charge in [-0.05, 0) is 38.1 Å². The maximum atomic E-state index is 12.4. The molecule has 2 aliphatic rings. The summed E-state index contributed by atoms with van der Waals surface area (Å²) >= 11 is 0. The summed E-state index contributed by atoms with van der Waals surface area (Å²) in [5.74, 6) is -1.07. The van der Waals surface area contributed by atoms with Gasteiger partial charge in [-0.15, -0.1) is 0 Å². The third-order valence-electron chi connectivity index (χ3n) is 4.89. The van der Waals surface area contributed by atoms with E-state index in [2.05, 4.69) is 10.6 Å². The van der Waals surface area contributed by atoms with E-state index in [4.69, 9.17) is 4.74 Å². The van der Waals surface area contributed by atoms with Crippen LogP contribution in [-0.4, -0.2) is 40.7 Å². The average Bonchev–Trinajstić information content (AvgIpc) is 2.92. The lowest BCUT2D eigenvalue weighted by Gasteiger charge is -2.32. The van der Waals surface area contributed by atoms with Crippen molar-refractivity contribution in [2.75, 3.05) is 17.2 Å². The molecule has 0 fully saturated rings. The molecule has 4 amide bonds. The normalized spacial score (nSPS) is 16.6. The summed E-state index contributed by atoms with van der Waals surface area (Å²) < 4.78 is 5.70. The number of amides is 4. The van der Waals surface area contributed by atoms with Crippen LogP contribution in [0.2, 0.25) is 0 Å². The van der Waals surface area contributed by atoms with Gasteiger partial charge < -0.3 is 15.4 Å². The molecule has 0 aliphatic carbocycles. The van der Waals surface area contributed by atoms with Crippen LogP contribution in [0.4, 0.5) is 11.4 Å². The topological polar surface area (TPSA) is 105 Å². The minimum atomic E-state index is -1.01. The SMILES string of the molecule is CC1(C)Oc2cccc(NC(=O)CCN3C(=O)c4ccccc4C3=O)c2NC1=O. The summed E-state index contributed by atoms with van der Waals surface area (Å²) in [5.41, 5.74) is 0.445. The number of nitrogens with zero attached hydrogens (tertiary/aromatic N) is 1. The molecule has 29 heavy (non-hydrogen) atoms. The summed E-state index contributed by atoms with van der Waals surface area (Å²) in [6.45, 7) is 3.26. The largest absolute Gasteiger partial charge is 0.476 e. The summed E-state index contributed by atoms with van der Waals surface area (Å²) in [4.78, 5) is 50.4. The Morgan fingerprint density at radius 1 is 1.03 bits per heavy atom. The van der Waals surface area contributed by atoms with Crippen molar-refractivity contribution in [1.29, 1.82) is 0 Å². The number of fused-ring (bicyclic) bond motifs is 2. The Labute approximate surface area is 166 Å². The number of hydrogen-bond acceptors (Lipinski definition) is 5. The highest BCUT2D eigenvalue weighted by Gasteiger charge is 2.37. The van der Waals surface area contributed by atoms with E-state index in [0.717, 1.165) is 4.90 Å². The predicted octanol–water partition coefficient (Wildman–Crippen LogP) is 2.42. The van der Waals surface area contributed by atoms with E-state index < -0.39 is 23.3 Å². The van der Waals surface area contributed by atoms with Crippen LogP contribution in [0.15, 0.2) is 42.5 Å². The van der Waals surface area contributed by atoms with Crippen LogP contribution in [-0.2, 0) is 9.59 Å². The van der Waals surface area contributed by atoms with Crippen molar-refractivity contribution in [3.63, 3.8) is 0 Å². The van der Waals surface area contributed by atoms with E-state index in [-0.39, 0.29) is 18.9 Å². The van der Waals surface area contributed by atoms with Crippen LogP contribution in [0, 0.1) is 0 Å². The number of rotatable bonds is 4. The fourth-order valence-electron chi connectivity index (χ4n) is 3.30. The van der Waals surface area contributed by atoms with Crippen molar-refractivity contribution >= 4 is 35.0 Å². The quantitative estimate of drug-likeness (QED) is 0.777.